The summed E-state index contributed by atoms with van der Waals surface area (Å²) in [4.78, 5) is 35.1. The van der Waals surface area contributed by atoms with Gasteiger partial charge in [0.15, 0.2) is 0 Å². The summed E-state index contributed by atoms with van der Waals surface area (Å²) in [5.41, 5.74) is 0. The number of carbonyl (C=O) groups excluding carboxylic acids is 2. The molecule has 1 atom stereocenters. The summed E-state index contributed by atoms with van der Waals surface area (Å²) < 4.78 is 6.01. The first kappa shape index (κ1) is 52.9. The van der Waals surface area contributed by atoms with E-state index in [0.717, 1.165) is 103 Å². The highest BCUT2D eigenvalue weighted by molar-refractivity contribution is 5.80. The zero-order valence-corrected chi connectivity index (χ0v) is 36.2. The van der Waals surface area contributed by atoms with E-state index in [2.05, 4.69) is 92.1 Å². The molecule has 0 radical (unpaired) electrons. The first-order chi connectivity index (χ1) is 27.5. The molecule has 6 nitrogen and oxygen atoms in total. The van der Waals surface area contributed by atoms with Crippen LogP contribution in [0, 0.1) is 0 Å². The van der Waals surface area contributed by atoms with Crippen molar-refractivity contribution in [3.8, 4) is 0 Å². The predicted molar refractivity (Wildman–Crippen MR) is 240 cm³/mol. The Balaban J connectivity index is 4.10. The molecule has 0 fully saturated rings. The normalized spacial score (nSPS) is 12.8. The van der Waals surface area contributed by atoms with Crippen molar-refractivity contribution in [3.63, 3.8) is 0 Å². The number of carbonyl (C=O) groups is 3. The lowest BCUT2D eigenvalue weighted by Crippen LogP contribution is -2.28. The van der Waals surface area contributed by atoms with Crippen LogP contribution in [0.2, 0.25) is 0 Å². The molecular formula is C50H85NO5. The molecule has 2 N–H and O–H groups in total. The number of amides is 1. The largest absolute Gasteiger partial charge is 0.480 e. The first-order valence-electron chi connectivity index (χ1n) is 23.1. The molecule has 0 aliphatic rings. The third-order valence-electron chi connectivity index (χ3n) is 9.86. The van der Waals surface area contributed by atoms with Crippen LogP contribution in [0.5, 0.6) is 0 Å². The predicted octanol–water partition coefficient (Wildman–Crippen LogP) is 14.6. The van der Waals surface area contributed by atoms with Crippen molar-refractivity contribution in [1.82, 2.24) is 5.32 Å². The molecular weight excluding hydrogens is 695 g/mol. The number of aliphatic carboxylic acids is 1. The van der Waals surface area contributed by atoms with Gasteiger partial charge in [0.2, 0.25) is 5.91 Å². The van der Waals surface area contributed by atoms with E-state index in [-0.39, 0.29) is 24.5 Å². The Morgan fingerprint density at radius 1 is 0.482 bits per heavy atom. The topological polar surface area (TPSA) is 92.7 Å². The quantitative estimate of drug-likeness (QED) is 0.0366. The number of carboxylic acids is 1. The number of carboxylic acid groups (broad SMARTS) is 1. The maximum absolute atomic E-state index is 12.8. The molecule has 0 aliphatic carbocycles. The van der Waals surface area contributed by atoms with Gasteiger partial charge in [-0.1, -0.05) is 170 Å². The maximum Gasteiger partial charge on any atom is 0.322 e. The lowest BCUT2D eigenvalue weighted by molar-refractivity contribution is -0.150. The molecule has 0 spiro atoms. The van der Waals surface area contributed by atoms with Crippen molar-refractivity contribution in [1.29, 1.82) is 0 Å². The minimum absolute atomic E-state index is 0.0231. The van der Waals surface area contributed by atoms with Crippen molar-refractivity contribution in [2.45, 2.75) is 219 Å². The number of esters is 1. The summed E-state index contributed by atoms with van der Waals surface area (Å²) in [7, 11) is 0. The molecule has 1 unspecified atom stereocenters. The van der Waals surface area contributed by atoms with Gasteiger partial charge in [-0.2, -0.15) is 0 Å². The zero-order chi connectivity index (χ0) is 40.8. The Hall–Kier alpha value is -3.15. The summed E-state index contributed by atoms with van der Waals surface area (Å²) in [5.74, 6) is -1.27. The minimum Gasteiger partial charge on any atom is -0.480 e. The summed E-state index contributed by atoms with van der Waals surface area (Å²) in [6.45, 7) is 4.08. The smallest absolute Gasteiger partial charge is 0.322 e. The SMILES string of the molecule is CC/C=C\C/C=C\C/C=C\C/C=C\CCCCCCCCCCCCC(=O)OC(CCC/C=C\C/C=C\CCCCC)CCCCCCCC(=O)NCC(=O)O. The van der Waals surface area contributed by atoms with Gasteiger partial charge in [0, 0.05) is 12.8 Å². The molecule has 1 amide bonds. The van der Waals surface area contributed by atoms with Gasteiger partial charge in [-0.05, 0) is 103 Å². The van der Waals surface area contributed by atoms with Gasteiger partial charge < -0.3 is 15.2 Å². The fourth-order valence-corrected chi connectivity index (χ4v) is 6.48. The van der Waals surface area contributed by atoms with Crippen LogP contribution < -0.4 is 5.32 Å². The summed E-state index contributed by atoms with van der Waals surface area (Å²) in [6, 6.07) is 0. The van der Waals surface area contributed by atoms with Crippen LogP contribution in [0.25, 0.3) is 0 Å². The molecule has 0 aliphatic heterocycles. The molecule has 0 saturated heterocycles. The van der Waals surface area contributed by atoms with Gasteiger partial charge in [0.1, 0.15) is 12.6 Å². The van der Waals surface area contributed by atoms with E-state index in [1.165, 1.54) is 83.5 Å². The van der Waals surface area contributed by atoms with E-state index in [4.69, 9.17) is 9.84 Å². The van der Waals surface area contributed by atoms with Crippen molar-refractivity contribution in [3.05, 3.63) is 72.9 Å². The number of allylic oxidation sites excluding steroid dienone is 12. The molecule has 0 aromatic carbocycles. The summed E-state index contributed by atoms with van der Waals surface area (Å²) in [5, 5.41) is 11.1. The lowest BCUT2D eigenvalue weighted by atomic mass is 10.0. The molecule has 56 heavy (non-hydrogen) atoms. The molecule has 320 valence electrons. The van der Waals surface area contributed by atoms with Crippen LogP contribution in [-0.4, -0.2) is 35.6 Å². The fourth-order valence-electron chi connectivity index (χ4n) is 6.48. The second kappa shape index (κ2) is 44.6. The van der Waals surface area contributed by atoms with Crippen molar-refractivity contribution >= 4 is 17.8 Å². The highest BCUT2D eigenvalue weighted by Gasteiger charge is 2.14. The Morgan fingerprint density at radius 3 is 1.41 bits per heavy atom. The van der Waals surface area contributed by atoms with Crippen molar-refractivity contribution in [2.75, 3.05) is 6.54 Å². The van der Waals surface area contributed by atoms with E-state index < -0.39 is 5.97 Å². The second-order valence-corrected chi connectivity index (χ2v) is 15.3. The van der Waals surface area contributed by atoms with Gasteiger partial charge in [0.25, 0.3) is 0 Å². The Kier molecular flexibility index (Phi) is 42.1. The lowest BCUT2D eigenvalue weighted by Gasteiger charge is -2.18. The van der Waals surface area contributed by atoms with Crippen LogP contribution in [0.1, 0.15) is 213 Å². The van der Waals surface area contributed by atoms with Gasteiger partial charge in [-0.15, -0.1) is 0 Å². The van der Waals surface area contributed by atoms with Gasteiger partial charge >= 0.3 is 11.9 Å². The first-order valence-corrected chi connectivity index (χ1v) is 23.1. The van der Waals surface area contributed by atoms with E-state index in [0.29, 0.717) is 12.8 Å². The monoisotopic (exact) mass is 780 g/mol. The summed E-state index contributed by atoms with van der Waals surface area (Å²) in [6.07, 6.45) is 60.3. The van der Waals surface area contributed by atoms with E-state index in [9.17, 15) is 14.4 Å². The number of rotatable bonds is 41. The molecule has 0 saturated carbocycles. The van der Waals surface area contributed by atoms with Crippen LogP contribution in [0.4, 0.5) is 0 Å². The van der Waals surface area contributed by atoms with Crippen LogP contribution in [-0.2, 0) is 19.1 Å². The molecule has 0 bridgehead atoms. The molecule has 0 heterocycles. The van der Waals surface area contributed by atoms with E-state index >= 15 is 0 Å². The van der Waals surface area contributed by atoms with E-state index in [1.54, 1.807) is 0 Å². The molecule has 6 heteroatoms. The standard InChI is InChI=1S/C50H85NO5/c1-3-5-7-9-11-13-15-16-17-18-19-20-21-22-23-24-25-26-28-30-32-37-41-45-50(55)56-47(42-38-34-31-29-27-14-12-10-8-6-4-2)43-39-35-33-36-40-44-48(52)51-46-49(53)54/h5,7,11-14,16-17,19-20,29,31,47H,3-4,6,8-10,15,18,21-28,30,32-46H2,1-2H3,(H,51,52)(H,53,54)/b7-5-,13-11-,14-12-,17-16-,20-19-,31-29-. The van der Waals surface area contributed by atoms with Crippen LogP contribution >= 0.6 is 0 Å². The highest BCUT2D eigenvalue weighted by Crippen LogP contribution is 2.18. The Morgan fingerprint density at radius 2 is 0.893 bits per heavy atom. The van der Waals surface area contributed by atoms with Gasteiger partial charge in [0.05, 0.1) is 0 Å². The molecule has 0 aromatic rings. The summed E-state index contributed by atoms with van der Waals surface area (Å²) >= 11 is 0. The van der Waals surface area contributed by atoms with Crippen molar-refractivity contribution < 1.29 is 24.2 Å². The number of ether oxygens (including phenoxy) is 1. The maximum atomic E-state index is 12.8. The zero-order valence-electron chi connectivity index (χ0n) is 36.2. The number of hydrogen-bond acceptors (Lipinski definition) is 4. The number of hydrogen-bond donors (Lipinski definition) is 2. The minimum atomic E-state index is -1.02. The fraction of sp³-hybridized carbons (Fsp3) is 0.700. The van der Waals surface area contributed by atoms with Crippen molar-refractivity contribution in [2.24, 2.45) is 0 Å². The Labute approximate surface area is 344 Å². The van der Waals surface area contributed by atoms with E-state index in [1.807, 2.05) is 0 Å². The molecule has 0 rings (SSSR count). The average Bonchev–Trinajstić information content (AvgIpc) is 3.18. The van der Waals surface area contributed by atoms with Crippen LogP contribution in [0.3, 0.4) is 0 Å². The molecule has 0 aromatic heterocycles. The number of unbranched alkanes of at least 4 members (excludes halogenated alkanes) is 18. The third-order valence-corrected chi connectivity index (χ3v) is 9.86. The Bertz CT molecular complexity index is 1090. The van der Waals surface area contributed by atoms with Gasteiger partial charge in [-0.25, -0.2) is 0 Å². The third kappa shape index (κ3) is 43.6. The highest BCUT2D eigenvalue weighted by atomic mass is 16.5. The number of nitrogens with one attached hydrogen (secondary N) is 1. The van der Waals surface area contributed by atoms with Crippen LogP contribution in [0.15, 0.2) is 72.9 Å². The van der Waals surface area contributed by atoms with Gasteiger partial charge in [-0.3, -0.25) is 14.4 Å². The second-order valence-electron chi connectivity index (χ2n) is 15.3. The average molecular weight is 780 g/mol.